The molecule has 1 fully saturated rings. The van der Waals surface area contributed by atoms with Gasteiger partial charge in [-0.05, 0) is 61.7 Å². The Morgan fingerprint density at radius 2 is 1.73 bits per heavy atom. The van der Waals surface area contributed by atoms with Crippen molar-refractivity contribution >= 4 is 28.8 Å². The molecule has 1 N–H and O–H groups in total. The molecule has 5 nitrogen and oxygen atoms in total. The Hall–Kier alpha value is -2.37. The molecule has 0 unspecified atom stereocenters. The summed E-state index contributed by atoms with van der Waals surface area (Å²) in [6.07, 6.45) is 5.68. The molecule has 2 aliphatic rings. The molecular weight excluding hydrogens is 348 g/mol. The van der Waals surface area contributed by atoms with Crippen LogP contribution < -0.4 is 10.7 Å². The van der Waals surface area contributed by atoms with E-state index in [1.54, 1.807) is 24.5 Å². The molecule has 0 aliphatic carbocycles. The van der Waals surface area contributed by atoms with Gasteiger partial charge in [-0.2, -0.15) is 0 Å². The summed E-state index contributed by atoms with van der Waals surface area (Å²) in [5.74, 6) is 0.322. The number of hydrogen-bond donors (Lipinski definition) is 1. The highest BCUT2D eigenvalue weighted by Gasteiger charge is 2.34. The van der Waals surface area contributed by atoms with Gasteiger partial charge in [0.25, 0.3) is 5.91 Å². The van der Waals surface area contributed by atoms with E-state index in [4.69, 9.17) is 11.6 Å². The van der Waals surface area contributed by atoms with Gasteiger partial charge >= 0.3 is 0 Å². The van der Waals surface area contributed by atoms with Crippen LogP contribution in [0, 0.1) is 5.92 Å². The minimum atomic E-state index is -0.201. The lowest BCUT2D eigenvalue weighted by molar-refractivity contribution is -0.118. The number of aromatic nitrogens is 1. The van der Waals surface area contributed by atoms with Crippen molar-refractivity contribution in [2.45, 2.75) is 12.8 Å². The fourth-order valence-electron chi connectivity index (χ4n) is 3.56. The fourth-order valence-corrected chi connectivity index (χ4v) is 3.69. The Bertz CT molecular complexity index is 813. The van der Waals surface area contributed by atoms with Crippen molar-refractivity contribution in [3.8, 4) is 0 Å². The van der Waals surface area contributed by atoms with Gasteiger partial charge in [-0.15, -0.1) is 5.43 Å². The van der Waals surface area contributed by atoms with Crippen molar-refractivity contribution in [3.05, 3.63) is 64.9 Å². The van der Waals surface area contributed by atoms with Gasteiger partial charge < -0.3 is 5.32 Å². The third-order valence-electron chi connectivity index (χ3n) is 4.90. The zero-order chi connectivity index (χ0) is 17.9. The van der Waals surface area contributed by atoms with Gasteiger partial charge in [0.2, 0.25) is 0 Å². The SMILES string of the molecule is O=C1[N]N(CC2CCNCC2)C(c2ccncc2)=C1c1ccc(Cl)cc1. The third-order valence-corrected chi connectivity index (χ3v) is 5.15. The lowest BCUT2D eigenvalue weighted by Gasteiger charge is -2.28. The Morgan fingerprint density at radius 3 is 2.42 bits per heavy atom. The molecule has 0 atom stereocenters. The van der Waals surface area contributed by atoms with Gasteiger partial charge in [0.1, 0.15) is 0 Å². The van der Waals surface area contributed by atoms with E-state index < -0.39 is 0 Å². The van der Waals surface area contributed by atoms with Crippen molar-refractivity contribution < 1.29 is 4.79 Å². The number of halogens is 1. The maximum Gasteiger partial charge on any atom is 0.296 e. The molecule has 1 amide bonds. The summed E-state index contributed by atoms with van der Waals surface area (Å²) in [7, 11) is 0. The van der Waals surface area contributed by atoms with Gasteiger partial charge in [0.15, 0.2) is 0 Å². The van der Waals surface area contributed by atoms with E-state index >= 15 is 0 Å². The highest BCUT2D eigenvalue weighted by molar-refractivity contribution is 6.31. The second-order valence-corrected chi connectivity index (χ2v) is 7.08. The van der Waals surface area contributed by atoms with Crippen molar-refractivity contribution in [3.63, 3.8) is 0 Å². The first kappa shape index (κ1) is 17.1. The molecule has 6 heteroatoms. The Balaban J connectivity index is 1.75. The number of nitrogens with zero attached hydrogens (tertiary/aromatic N) is 3. The minimum Gasteiger partial charge on any atom is -0.317 e. The second kappa shape index (κ2) is 7.48. The predicted octanol–water partition coefficient (Wildman–Crippen LogP) is 2.96. The first-order chi connectivity index (χ1) is 12.7. The van der Waals surface area contributed by atoms with Crippen LogP contribution in [0.25, 0.3) is 11.3 Å². The number of carbonyl (C=O) groups excluding carboxylic acids is 1. The number of carbonyl (C=O) groups is 1. The quantitative estimate of drug-likeness (QED) is 0.902. The zero-order valence-electron chi connectivity index (χ0n) is 14.4. The minimum absolute atomic E-state index is 0.201. The van der Waals surface area contributed by atoms with Crippen LogP contribution in [-0.4, -0.2) is 35.5 Å². The van der Waals surface area contributed by atoms with E-state index in [9.17, 15) is 4.79 Å². The van der Waals surface area contributed by atoms with Gasteiger partial charge in [-0.1, -0.05) is 23.7 Å². The lowest BCUT2D eigenvalue weighted by atomic mass is 9.96. The van der Waals surface area contributed by atoms with Gasteiger partial charge in [0.05, 0.1) is 11.3 Å². The molecule has 2 aromatic rings. The summed E-state index contributed by atoms with van der Waals surface area (Å²) in [5.41, 5.74) is 7.64. The van der Waals surface area contributed by atoms with Gasteiger partial charge in [-0.3, -0.25) is 14.8 Å². The van der Waals surface area contributed by atoms with Gasteiger partial charge in [-0.25, -0.2) is 0 Å². The monoisotopic (exact) mass is 367 g/mol. The van der Waals surface area contributed by atoms with Crippen molar-refractivity contribution in [1.82, 2.24) is 20.7 Å². The molecule has 4 rings (SSSR count). The molecule has 26 heavy (non-hydrogen) atoms. The molecule has 2 aliphatic heterocycles. The Kier molecular flexibility index (Phi) is 4.91. The summed E-state index contributed by atoms with van der Waals surface area (Å²) in [6.45, 7) is 2.79. The number of rotatable bonds is 4. The summed E-state index contributed by atoms with van der Waals surface area (Å²) in [5, 5.41) is 5.92. The summed E-state index contributed by atoms with van der Waals surface area (Å²) >= 11 is 6.02. The third kappa shape index (κ3) is 3.45. The van der Waals surface area contributed by atoms with Crippen molar-refractivity contribution in [1.29, 1.82) is 0 Å². The first-order valence-electron chi connectivity index (χ1n) is 8.87. The summed E-state index contributed by atoms with van der Waals surface area (Å²) in [6, 6.07) is 11.2. The molecule has 133 valence electrons. The molecule has 0 spiro atoms. The number of benzene rings is 1. The van der Waals surface area contributed by atoms with Crippen LogP contribution in [0.3, 0.4) is 0 Å². The zero-order valence-corrected chi connectivity index (χ0v) is 15.1. The van der Waals surface area contributed by atoms with Crippen LogP contribution in [0.15, 0.2) is 48.8 Å². The molecule has 1 aromatic heterocycles. The number of amides is 1. The number of nitrogens with one attached hydrogen (secondary N) is 1. The number of pyridine rings is 1. The lowest BCUT2D eigenvalue weighted by Crippen LogP contribution is -2.37. The summed E-state index contributed by atoms with van der Waals surface area (Å²) in [4.78, 5) is 16.9. The fraction of sp³-hybridized carbons (Fsp3) is 0.300. The number of piperidine rings is 1. The topological polar surface area (TPSA) is 59.3 Å². The molecule has 1 radical (unpaired) electrons. The molecule has 1 aromatic carbocycles. The standard InChI is InChI=1S/C20H20ClN4O/c21-17-3-1-15(2-4-17)18-19(16-7-11-23-12-8-16)25(24-20(18)26)13-14-5-9-22-10-6-14/h1-4,7-8,11-12,14,22H,5-6,9-10,13H2. The van der Waals surface area contributed by atoms with E-state index in [0.29, 0.717) is 16.5 Å². The maximum atomic E-state index is 12.8. The molecule has 0 saturated carbocycles. The van der Waals surface area contributed by atoms with Crippen LogP contribution in [0.1, 0.15) is 24.0 Å². The Morgan fingerprint density at radius 1 is 1.04 bits per heavy atom. The maximum absolute atomic E-state index is 12.8. The largest absolute Gasteiger partial charge is 0.317 e. The van der Waals surface area contributed by atoms with E-state index in [2.05, 4.69) is 15.7 Å². The summed E-state index contributed by atoms with van der Waals surface area (Å²) < 4.78 is 0. The smallest absolute Gasteiger partial charge is 0.296 e. The van der Waals surface area contributed by atoms with Crippen LogP contribution >= 0.6 is 11.6 Å². The predicted molar refractivity (Wildman–Crippen MR) is 102 cm³/mol. The molecule has 1 saturated heterocycles. The average molecular weight is 368 g/mol. The van der Waals surface area contributed by atoms with Crippen LogP contribution in [-0.2, 0) is 4.79 Å². The van der Waals surface area contributed by atoms with Crippen LogP contribution in [0.5, 0.6) is 0 Å². The van der Waals surface area contributed by atoms with Crippen LogP contribution in [0.4, 0.5) is 0 Å². The molecular formula is C20H20ClN4O. The Labute approximate surface area is 158 Å². The van der Waals surface area contributed by atoms with E-state index in [0.717, 1.165) is 49.3 Å². The normalized spacial score (nSPS) is 18.3. The van der Waals surface area contributed by atoms with Crippen molar-refractivity contribution in [2.75, 3.05) is 19.6 Å². The first-order valence-corrected chi connectivity index (χ1v) is 9.25. The van der Waals surface area contributed by atoms with Gasteiger partial charge in [0, 0.05) is 29.5 Å². The number of hydrogen-bond acceptors (Lipinski definition) is 4. The average Bonchev–Trinajstić information content (AvgIpc) is 3.00. The highest BCUT2D eigenvalue weighted by Crippen LogP contribution is 2.35. The van der Waals surface area contributed by atoms with Crippen LogP contribution in [0.2, 0.25) is 5.02 Å². The molecule has 0 bridgehead atoms. The van der Waals surface area contributed by atoms with E-state index in [-0.39, 0.29) is 5.91 Å². The highest BCUT2D eigenvalue weighted by atomic mass is 35.5. The second-order valence-electron chi connectivity index (χ2n) is 6.65. The van der Waals surface area contributed by atoms with E-state index in [1.165, 1.54) is 0 Å². The molecule has 3 heterocycles. The van der Waals surface area contributed by atoms with E-state index in [1.807, 2.05) is 29.3 Å². The van der Waals surface area contributed by atoms with Crippen molar-refractivity contribution in [2.24, 2.45) is 5.92 Å².